The number of aryl methyl sites for hydroxylation is 1. The number of ether oxygens (including phenoxy) is 6. The maximum Gasteiger partial charge on any atom is 0.346 e. The molecule has 0 spiro atoms. The van der Waals surface area contributed by atoms with Crippen LogP contribution in [0.1, 0.15) is 33.3 Å². The predicted molar refractivity (Wildman–Crippen MR) is 122 cm³/mol. The van der Waals surface area contributed by atoms with Crippen LogP contribution in [0, 0.1) is 6.92 Å². The van der Waals surface area contributed by atoms with Gasteiger partial charge in [-0.3, -0.25) is 19.2 Å². The van der Waals surface area contributed by atoms with Crippen LogP contribution in [0.15, 0.2) is 18.2 Å². The molecule has 5 atom stereocenters. The van der Waals surface area contributed by atoms with E-state index in [0.29, 0.717) is 16.3 Å². The van der Waals surface area contributed by atoms with E-state index in [0.717, 1.165) is 20.8 Å². The summed E-state index contributed by atoms with van der Waals surface area (Å²) in [6.45, 7) is 5.34. The quantitative estimate of drug-likeness (QED) is 0.363. The fourth-order valence-corrected chi connectivity index (χ4v) is 3.69. The second kappa shape index (κ2) is 13.1. The van der Waals surface area contributed by atoms with Gasteiger partial charge in [0, 0.05) is 32.7 Å². The van der Waals surface area contributed by atoms with Crippen LogP contribution in [-0.4, -0.2) is 73.6 Å². The van der Waals surface area contributed by atoms with Crippen molar-refractivity contribution in [2.24, 2.45) is 0 Å². The molecular weight excluding hydrogens is 502 g/mol. The molecule has 0 unspecified atom stereocenters. The number of hydrogen-bond acceptors (Lipinski definition) is 11. The average Bonchev–Trinajstić information content (AvgIpc) is 2.75. The highest BCUT2D eigenvalue weighted by atomic mass is 35.5. The summed E-state index contributed by atoms with van der Waals surface area (Å²) in [5, 5.41) is 2.99. The topological polar surface area (TPSA) is 153 Å². The van der Waals surface area contributed by atoms with Gasteiger partial charge >= 0.3 is 23.9 Å². The van der Waals surface area contributed by atoms with Gasteiger partial charge < -0.3 is 33.7 Å². The van der Waals surface area contributed by atoms with E-state index < -0.39 is 73.6 Å². The molecule has 36 heavy (non-hydrogen) atoms. The van der Waals surface area contributed by atoms with E-state index in [9.17, 15) is 24.0 Å². The van der Waals surface area contributed by atoms with Crippen LogP contribution in [0.25, 0.3) is 0 Å². The first-order valence-corrected chi connectivity index (χ1v) is 11.2. The zero-order valence-corrected chi connectivity index (χ0v) is 21.2. The maximum atomic E-state index is 12.6. The molecule has 0 saturated carbocycles. The number of carbonyl (C=O) groups is 5. The lowest BCUT2D eigenvalue weighted by Gasteiger charge is -2.44. The standard InChI is InChI=1S/C23H28ClNO11/c1-11-8-16(24)6-7-17(11)32-10-19(30)36-23-20(25-12(2)26)22(34-15(5)29)21(33-14(4)28)18(35-23)9-31-13(3)27/h6-8,18,20-23H,9-10H2,1-5H3,(H,25,26)/t18-,20+,21+,22-,23+/m1/s1. The second-order valence-corrected chi connectivity index (χ2v) is 8.34. The maximum absolute atomic E-state index is 12.6. The van der Waals surface area contributed by atoms with Crippen molar-refractivity contribution in [1.29, 1.82) is 0 Å². The lowest BCUT2D eigenvalue weighted by Crippen LogP contribution is -2.66. The van der Waals surface area contributed by atoms with Crippen LogP contribution in [-0.2, 0) is 47.7 Å². The Morgan fingerprint density at radius 1 is 0.944 bits per heavy atom. The Bertz CT molecular complexity index is 998. The van der Waals surface area contributed by atoms with Gasteiger partial charge in [-0.05, 0) is 30.7 Å². The van der Waals surface area contributed by atoms with Crippen molar-refractivity contribution in [3.8, 4) is 5.75 Å². The third-order valence-corrected chi connectivity index (χ3v) is 5.04. The third-order valence-electron chi connectivity index (χ3n) is 4.80. The number of nitrogens with one attached hydrogen (secondary N) is 1. The Hall–Kier alpha value is -3.38. The molecule has 0 bridgehead atoms. The molecule has 1 saturated heterocycles. The molecule has 198 valence electrons. The number of benzene rings is 1. The summed E-state index contributed by atoms with van der Waals surface area (Å²) in [6, 6.07) is 3.55. The molecular formula is C23H28ClNO11. The summed E-state index contributed by atoms with van der Waals surface area (Å²) in [5.41, 5.74) is 0.681. The molecule has 0 radical (unpaired) electrons. The highest BCUT2D eigenvalue weighted by Crippen LogP contribution is 2.28. The van der Waals surface area contributed by atoms with Crippen molar-refractivity contribution in [2.75, 3.05) is 13.2 Å². The Labute approximate surface area is 212 Å². The normalized spacial score (nSPS) is 23.1. The first kappa shape index (κ1) is 28.9. The van der Waals surface area contributed by atoms with E-state index in [-0.39, 0.29) is 0 Å². The fraction of sp³-hybridized carbons (Fsp3) is 0.522. The molecule has 1 aliphatic rings. The van der Waals surface area contributed by atoms with E-state index >= 15 is 0 Å². The summed E-state index contributed by atoms with van der Waals surface area (Å²) in [5.74, 6) is -3.25. The Balaban J connectivity index is 2.29. The van der Waals surface area contributed by atoms with Crippen molar-refractivity contribution in [1.82, 2.24) is 5.32 Å². The molecule has 0 aliphatic carbocycles. The fourth-order valence-electron chi connectivity index (χ4n) is 3.47. The smallest absolute Gasteiger partial charge is 0.346 e. The molecule has 1 aliphatic heterocycles. The minimum atomic E-state index is -1.52. The molecule has 12 nitrogen and oxygen atoms in total. The van der Waals surface area contributed by atoms with Crippen molar-refractivity contribution in [3.63, 3.8) is 0 Å². The van der Waals surface area contributed by atoms with Gasteiger partial charge in [-0.1, -0.05) is 11.6 Å². The Kier molecular flexibility index (Phi) is 10.5. The van der Waals surface area contributed by atoms with Gasteiger partial charge in [0.05, 0.1) is 0 Å². The van der Waals surface area contributed by atoms with Crippen LogP contribution in [0.4, 0.5) is 0 Å². The molecule has 1 N–H and O–H groups in total. The number of rotatable bonds is 9. The zero-order chi connectivity index (χ0) is 27.0. The summed E-state index contributed by atoms with van der Waals surface area (Å²) in [4.78, 5) is 59.5. The van der Waals surface area contributed by atoms with Gasteiger partial charge in [0.15, 0.2) is 18.8 Å². The molecule has 0 aromatic heterocycles. The summed E-state index contributed by atoms with van der Waals surface area (Å²) in [7, 11) is 0. The molecule has 1 aromatic carbocycles. The lowest BCUT2D eigenvalue weighted by atomic mass is 9.96. The summed E-state index contributed by atoms with van der Waals surface area (Å²) >= 11 is 5.92. The predicted octanol–water partition coefficient (Wildman–Crippen LogP) is 1.23. The molecule has 1 amide bonds. The van der Waals surface area contributed by atoms with E-state index in [4.69, 9.17) is 40.0 Å². The van der Waals surface area contributed by atoms with E-state index in [2.05, 4.69) is 5.32 Å². The van der Waals surface area contributed by atoms with E-state index in [1.165, 1.54) is 6.92 Å². The lowest BCUT2D eigenvalue weighted by molar-refractivity contribution is -0.272. The van der Waals surface area contributed by atoms with Crippen molar-refractivity contribution in [3.05, 3.63) is 28.8 Å². The van der Waals surface area contributed by atoms with Crippen molar-refractivity contribution >= 4 is 41.4 Å². The highest BCUT2D eigenvalue weighted by molar-refractivity contribution is 6.30. The van der Waals surface area contributed by atoms with E-state index in [1.807, 2.05) is 0 Å². The van der Waals surface area contributed by atoms with Gasteiger partial charge in [0.25, 0.3) is 0 Å². The minimum absolute atomic E-state index is 0.389. The first-order chi connectivity index (χ1) is 16.9. The van der Waals surface area contributed by atoms with Crippen LogP contribution in [0.5, 0.6) is 5.75 Å². The van der Waals surface area contributed by atoms with Crippen LogP contribution < -0.4 is 10.1 Å². The number of amides is 1. The number of carbonyl (C=O) groups excluding carboxylic acids is 5. The minimum Gasteiger partial charge on any atom is -0.482 e. The molecule has 1 fully saturated rings. The van der Waals surface area contributed by atoms with Gasteiger partial charge in [-0.25, -0.2) is 4.79 Å². The van der Waals surface area contributed by atoms with Gasteiger partial charge in [-0.2, -0.15) is 0 Å². The molecule has 1 heterocycles. The zero-order valence-electron chi connectivity index (χ0n) is 20.4. The second-order valence-electron chi connectivity index (χ2n) is 7.91. The van der Waals surface area contributed by atoms with Crippen LogP contribution >= 0.6 is 11.6 Å². The summed E-state index contributed by atoms with van der Waals surface area (Å²) < 4.78 is 32.2. The average molecular weight is 530 g/mol. The van der Waals surface area contributed by atoms with Crippen LogP contribution in [0.2, 0.25) is 5.02 Å². The molecule has 2 rings (SSSR count). The first-order valence-electron chi connectivity index (χ1n) is 10.9. The Morgan fingerprint density at radius 3 is 2.14 bits per heavy atom. The van der Waals surface area contributed by atoms with Crippen LogP contribution in [0.3, 0.4) is 0 Å². The van der Waals surface area contributed by atoms with Gasteiger partial charge in [0.1, 0.15) is 24.5 Å². The SMILES string of the molecule is CC(=O)N[C@@H]1[C@H](OC(=O)COc2ccc(Cl)cc2C)O[C@H](COC(C)=O)[C@H](OC(C)=O)[C@@H]1OC(C)=O. The van der Waals surface area contributed by atoms with Gasteiger partial charge in [0.2, 0.25) is 12.2 Å². The highest BCUT2D eigenvalue weighted by Gasteiger charge is 2.52. The Morgan fingerprint density at radius 2 is 1.58 bits per heavy atom. The monoisotopic (exact) mass is 529 g/mol. The number of hydrogen-bond donors (Lipinski definition) is 1. The number of esters is 4. The third kappa shape index (κ3) is 8.68. The molecule has 1 aromatic rings. The summed E-state index contributed by atoms with van der Waals surface area (Å²) in [6.07, 6.45) is -5.37. The molecule has 13 heteroatoms. The van der Waals surface area contributed by atoms with Crippen molar-refractivity contribution in [2.45, 2.75) is 65.3 Å². The van der Waals surface area contributed by atoms with Crippen molar-refractivity contribution < 1.29 is 52.4 Å². The van der Waals surface area contributed by atoms with Gasteiger partial charge in [-0.15, -0.1) is 0 Å². The number of halogens is 1. The van der Waals surface area contributed by atoms with E-state index in [1.54, 1.807) is 25.1 Å². The largest absolute Gasteiger partial charge is 0.482 e.